The Morgan fingerprint density at radius 3 is 2.47 bits per heavy atom. The first-order valence-corrected chi connectivity index (χ1v) is 15.2. The molecular weight excluding hydrogens is 576 g/mol. The maximum atomic E-state index is 13.4. The molecule has 1 unspecified atom stereocenters. The summed E-state index contributed by atoms with van der Waals surface area (Å²) in [6.45, 7) is 4.22. The van der Waals surface area contributed by atoms with Crippen molar-refractivity contribution < 1.29 is 33.1 Å². The van der Waals surface area contributed by atoms with Gasteiger partial charge >= 0.3 is 18.1 Å². The van der Waals surface area contributed by atoms with Crippen molar-refractivity contribution in [3.8, 4) is 28.5 Å². The Morgan fingerprint density at radius 2 is 1.73 bits per heavy atom. The summed E-state index contributed by atoms with van der Waals surface area (Å²) in [4.78, 5) is 29.0. The van der Waals surface area contributed by atoms with Crippen molar-refractivity contribution in [1.29, 1.82) is 0 Å². The van der Waals surface area contributed by atoms with Crippen LogP contribution in [-0.4, -0.2) is 56.7 Å². The first kappa shape index (κ1) is 29.8. The predicted molar refractivity (Wildman–Crippen MR) is 163 cm³/mol. The normalized spacial score (nSPS) is 14.2. The fourth-order valence-corrected chi connectivity index (χ4v) is 5.68. The fraction of sp³-hybridized carbons (Fsp3) is 0.333. The molecule has 0 radical (unpaired) electrons. The van der Waals surface area contributed by atoms with E-state index in [4.69, 9.17) is 18.9 Å². The lowest BCUT2D eigenvalue weighted by atomic mass is 9.98. The van der Waals surface area contributed by atoms with Crippen LogP contribution in [0, 0.1) is 0 Å². The lowest BCUT2D eigenvalue weighted by Crippen LogP contribution is -2.36. The molecule has 5 aromatic rings. The molecule has 0 bridgehead atoms. The minimum absolute atomic E-state index is 0.159. The van der Waals surface area contributed by atoms with Crippen molar-refractivity contribution in [3.05, 3.63) is 77.9 Å². The first-order valence-electron chi connectivity index (χ1n) is 15.2. The largest absolute Gasteiger partial charge is 0.511 e. The second kappa shape index (κ2) is 13.6. The molecule has 12 heteroatoms. The Labute approximate surface area is 259 Å². The van der Waals surface area contributed by atoms with E-state index < -0.39 is 18.4 Å². The molecule has 2 aromatic heterocycles. The van der Waals surface area contributed by atoms with E-state index in [1.807, 2.05) is 66.1 Å². The van der Waals surface area contributed by atoms with Crippen LogP contribution in [0.2, 0.25) is 0 Å². The Balaban J connectivity index is 1.22. The molecule has 12 nitrogen and oxygen atoms in total. The molecule has 0 saturated heterocycles. The zero-order valence-electron chi connectivity index (χ0n) is 25.2. The van der Waals surface area contributed by atoms with Crippen LogP contribution in [0.1, 0.15) is 61.9 Å². The number of ether oxygens (including phenoxy) is 4. The van der Waals surface area contributed by atoms with E-state index in [1.165, 1.54) is 6.92 Å². The number of carbonyl (C=O) groups is 2. The van der Waals surface area contributed by atoms with Crippen LogP contribution in [0.3, 0.4) is 0 Å². The van der Waals surface area contributed by atoms with Crippen molar-refractivity contribution in [2.75, 3.05) is 6.61 Å². The zero-order chi connectivity index (χ0) is 31.2. The van der Waals surface area contributed by atoms with Crippen LogP contribution in [0.4, 0.5) is 4.79 Å². The molecule has 2 heterocycles. The Bertz CT molecular complexity index is 1760. The summed E-state index contributed by atoms with van der Waals surface area (Å²) in [5.41, 5.74) is 5.42. The summed E-state index contributed by atoms with van der Waals surface area (Å²) in [7, 11) is 0. The predicted octanol–water partition coefficient (Wildman–Crippen LogP) is 5.74. The summed E-state index contributed by atoms with van der Waals surface area (Å²) < 4.78 is 24.0. The molecule has 232 valence electrons. The van der Waals surface area contributed by atoms with Crippen molar-refractivity contribution in [3.63, 3.8) is 0 Å². The first-order chi connectivity index (χ1) is 22.0. The molecule has 1 atom stereocenters. The minimum atomic E-state index is -1.13. The van der Waals surface area contributed by atoms with Gasteiger partial charge in [0.2, 0.25) is 12.1 Å². The van der Waals surface area contributed by atoms with Gasteiger partial charge in [-0.1, -0.05) is 61.0 Å². The standard InChI is InChI=1S/C33H34N6O6/c1-3-42-32-34-28-15-9-14-27(31(40)43-21(2)44-33(41)45-24-10-5-4-6-11-24)29(28)39(32)20-22-16-18-23(19-17-22)25-12-7-8-13-26(25)30-35-37-38-36-30/h7-9,12-19,21,24H,3-6,10-11,20H2,1-2H3,(H,35,36,37,38)/p+1. The van der Waals surface area contributed by atoms with E-state index >= 15 is 0 Å². The molecule has 0 spiro atoms. The van der Waals surface area contributed by atoms with E-state index in [2.05, 4.69) is 25.6 Å². The van der Waals surface area contributed by atoms with Crippen LogP contribution in [0.25, 0.3) is 33.5 Å². The van der Waals surface area contributed by atoms with Crippen LogP contribution in [0.5, 0.6) is 6.01 Å². The number of rotatable bonds is 10. The molecule has 45 heavy (non-hydrogen) atoms. The van der Waals surface area contributed by atoms with Crippen LogP contribution < -0.4 is 9.30 Å². The topological polar surface area (TPSA) is 145 Å². The van der Waals surface area contributed by atoms with Gasteiger partial charge in [0, 0.05) is 12.5 Å². The van der Waals surface area contributed by atoms with E-state index in [0.717, 1.165) is 54.4 Å². The molecule has 2 N–H and O–H groups in total. The van der Waals surface area contributed by atoms with E-state index in [1.54, 1.807) is 12.1 Å². The van der Waals surface area contributed by atoms with Crippen molar-refractivity contribution in [2.45, 2.75) is 64.9 Å². The van der Waals surface area contributed by atoms with Gasteiger partial charge in [-0.15, -0.1) is 10.2 Å². The smallest absolute Gasteiger partial charge is 0.431 e. The van der Waals surface area contributed by atoms with E-state index in [9.17, 15) is 9.59 Å². The maximum Gasteiger partial charge on any atom is 0.511 e. The zero-order valence-corrected chi connectivity index (χ0v) is 25.2. The molecule has 1 aliphatic rings. The number of benzene rings is 3. The Hall–Kier alpha value is -5.26. The molecule has 0 aliphatic heterocycles. The number of carbonyl (C=O) groups excluding carboxylic acids is 2. The Kier molecular flexibility index (Phi) is 8.99. The molecule has 6 rings (SSSR count). The summed E-state index contributed by atoms with van der Waals surface area (Å²) >= 11 is 0. The monoisotopic (exact) mass is 611 g/mol. The summed E-state index contributed by atoms with van der Waals surface area (Å²) in [5.74, 6) is -0.117. The average Bonchev–Trinajstić information content (AvgIpc) is 3.71. The van der Waals surface area contributed by atoms with E-state index in [-0.39, 0.29) is 6.10 Å². The van der Waals surface area contributed by atoms with E-state index in [0.29, 0.717) is 41.6 Å². The van der Waals surface area contributed by atoms with Crippen LogP contribution in [-0.2, 0) is 20.8 Å². The van der Waals surface area contributed by atoms with Crippen LogP contribution >= 0.6 is 0 Å². The number of fused-ring (bicyclic) bond motifs is 1. The van der Waals surface area contributed by atoms with Gasteiger partial charge in [0.15, 0.2) is 11.0 Å². The number of hydrogen-bond acceptors (Lipinski definition) is 9. The second-order valence-electron chi connectivity index (χ2n) is 10.8. The number of hydrogen-bond donors (Lipinski definition) is 2. The SMILES string of the molecule is CCOc1[nH]c2cccc(C(=O)OC(C)OC(=O)OC3CCCCC3)c2[n+]1Cc1ccc(-c2ccccc2-c2nn[nH]n2)cc1. The number of nitrogens with zero attached hydrogens (tertiary/aromatic N) is 4. The molecule has 0 amide bonds. The number of nitrogens with one attached hydrogen (secondary N) is 2. The quantitative estimate of drug-likeness (QED) is 0.115. The van der Waals surface area contributed by atoms with Gasteiger partial charge in [0.25, 0.3) is 0 Å². The maximum absolute atomic E-state index is 13.4. The summed E-state index contributed by atoms with van der Waals surface area (Å²) in [6.07, 6.45) is 2.69. The number of tetrazole rings is 1. The third kappa shape index (κ3) is 6.79. The molecule has 3 aromatic carbocycles. The van der Waals surface area contributed by atoms with Gasteiger partial charge in [-0.05, 0) is 66.6 Å². The van der Waals surface area contributed by atoms with Crippen molar-refractivity contribution in [1.82, 2.24) is 25.6 Å². The van der Waals surface area contributed by atoms with Gasteiger partial charge in [-0.2, -0.15) is 9.78 Å². The fourth-order valence-electron chi connectivity index (χ4n) is 5.68. The van der Waals surface area contributed by atoms with Crippen molar-refractivity contribution >= 4 is 23.2 Å². The third-order valence-electron chi connectivity index (χ3n) is 7.76. The minimum Gasteiger partial charge on any atom is -0.431 e. The van der Waals surface area contributed by atoms with Crippen LogP contribution in [0.15, 0.2) is 66.7 Å². The van der Waals surface area contributed by atoms with Gasteiger partial charge in [-0.25, -0.2) is 14.6 Å². The number of esters is 1. The highest BCUT2D eigenvalue weighted by Gasteiger charge is 2.28. The number of aromatic nitrogens is 6. The number of aromatic amines is 2. The van der Waals surface area contributed by atoms with Gasteiger partial charge < -0.3 is 18.9 Å². The molecule has 1 saturated carbocycles. The van der Waals surface area contributed by atoms with Gasteiger partial charge in [-0.3, -0.25) is 0 Å². The lowest BCUT2D eigenvalue weighted by molar-refractivity contribution is -0.668. The highest BCUT2D eigenvalue weighted by molar-refractivity contribution is 6.00. The Morgan fingerprint density at radius 1 is 0.956 bits per heavy atom. The van der Waals surface area contributed by atoms with Gasteiger partial charge in [0.1, 0.15) is 18.2 Å². The van der Waals surface area contributed by atoms with Gasteiger partial charge in [0.05, 0.1) is 6.61 Å². The summed E-state index contributed by atoms with van der Waals surface area (Å²) in [5, 5.41) is 14.5. The average molecular weight is 612 g/mol. The molecule has 1 fully saturated rings. The molecular formula is C33H35N6O6+. The number of para-hydroxylation sites is 1. The number of imidazole rings is 1. The molecule has 1 aliphatic carbocycles. The lowest BCUT2D eigenvalue weighted by Gasteiger charge is -2.22. The van der Waals surface area contributed by atoms with Crippen molar-refractivity contribution in [2.24, 2.45) is 0 Å². The number of H-pyrrole nitrogens is 2. The second-order valence-corrected chi connectivity index (χ2v) is 10.8. The summed E-state index contributed by atoms with van der Waals surface area (Å²) in [6, 6.07) is 21.8. The highest BCUT2D eigenvalue weighted by Crippen LogP contribution is 2.30. The highest BCUT2D eigenvalue weighted by atomic mass is 16.8. The third-order valence-corrected chi connectivity index (χ3v) is 7.76.